The summed E-state index contributed by atoms with van der Waals surface area (Å²) in [4.78, 5) is 11.6. The van der Waals surface area contributed by atoms with Crippen LogP contribution in [0.2, 0.25) is 0 Å². The number of benzene rings is 1. The lowest BCUT2D eigenvalue weighted by molar-refractivity contribution is -0.133. The second kappa shape index (κ2) is 4.48. The molecule has 2 aromatic rings. The minimum atomic E-state index is -4.32. The van der Waals surface area contributed by atoms with Crippen molar-refractivity contribution in [3.63, 3.8) is 0 Å². The van der Waals surface area contributed by atoms with Crippen LogP contribution in [0.25, 0.3) is 11.0 Å². The smallest absolute Gasteiger partial charge is 0.389 e. The van der Waals surface area contributed by atoms with Gasteiger partial charge in [-0.15, -0.1) is 0 Å². The van der Waals surface area contributed by atoms with Gasteiger partial charge in [0.05, 0.1) is 6.42 Å². The van der Waals surface area contributed by atoms with Crippen molar-refractivity contribution in [2.24, 2.45) is 0 Å². The Kier molecular flexibility index (Phi) is 3.15. The molecule has 0 bridgehead atoms. The maximum Gasteiger partial charge on any atom is 0.389 e. The maximum absolute atomic E-state index is 12.0. The van der Waals surface area contributed by atoms with Gasteiger partial charge in [0.25, 0.3) is 0 Å². The number of carbonyl (C=O) groups is 1. The first kappa shape index (κ1) is 12.7. The second-order valence-corrected chi connectivity index (χ2v) is 4.14. The molecular formula is C13H11F3O2. The molecule has 18 heavy (non-hydrogen) atoms. The molecule has 0 atom stereocenters. The van der Waals surface area contributed by atoms with Crippen LogP contribution in [0.4, 0.5) is 13.2 Å². The molecule has 1 aromatic heterocycles. The fraction of sp³-hybridized carbons (Fsp3) is 0.308. The highest BCUT2D eigenvalue weighted by Crippen LogP contribution is 2.26. The SMILES string of the molecule is Cc1cccc2cc(C(=O)CCC(F)(F)F)oc12. The first-order valence-corrected chi connectivity index (χ1v) is 5.46. The summed E-state index contributed by atoms with van der Waals surface area (Å²) >= 11 is 0. The Labute approximate surface area is 101 Å². The van der Waals surface area contributed by atoms with Crippen molar-refractivity contribution < 1.29 is 22.4 Å². The maximum atomic E-state index is 12.0. The Morgan fingerprint density at radius 3 is 2.67 bits per heavy atom. The molecule has 0 spiro atoms. The van der Waals surface area contributed by atoms with Crippen LogP contribution in [0.15, 0.2) is 28.7 Å². The summed E-state index contributed by atoms with van der Waals surface area (Å²) in [5.41, 5.74) is 1.40. The highest BCUT2D eigenvalue weighted by atomic mass is 19.4. The highest BCUT2D eigenvalue weighted by molar-refractivity contribution is 5.98. The molecule has 0 aliphatic carbocycles. The summed E-state index contributed by atoms with van der Waals surface area (Å²) in [6, 6.07) is 6.86. The third-order valence-corrected chi connectivity index (χ3v) is 2.65. The van der Waals surface area contributed by atoms with Crippen LogP contribution in [0.5, 0.6) is 0 Å². The zero-order valence-corrected chi connectivity index (χ0v) is 9.67. The first-order valence-electron chi connectivity index (χ1n) is 5.46. The van der Waals surface area contributed by atoms with E-state index in [2.05, 4.69) is 0 Å². The van der Waals surface area contributed by atoms with Gasteiger partial charge in [-0.2, -0.15) is 13.2 Å². The van der Waals surface area contributed by atoms with Crippen molar-refractivity contribution in [1.82, 2.24) is 0 Å². The van der Waals surface area contributed by atoms with E-state index in [1.54, 1.807) is 12.1 Å². The third kappa shape index (κ3) is 2.72. The Balaban J connectivity index is 2.21. The van der Waals surface area contributed by atoms with Gasteiger partial charge in [-0.25, -0.2) is 0 Å². The molecule has 0 saturated carbocycles. The number of fused-ring (bicyclic) bond motifs is 1. The van der Waals surface area contributed by atoms with E-state index in [0.29, 0.717) is 5.58 Å². The average molecular weight is 256 g/mol. The Hall–Kier alpha value is -1.78. The van der Waals surface area contributed by atoms with Gasteiger partial charge in [0.1, 0.15) is 5.58 Å². The largest absolute Gasteiger partial charge is 0.453 e. The van der Waals surface area contributed by atoms with Crippen LogP contribution in [0.1, 0.15) is 29.0 Å². The van der Waals surface area contributed by atoms with Gasteiger partial charge in [-0.1, -0.05) is 18.2 Å². The molecule has 0 aliphatic rings. The van der Waals surface area contributed by atoms with E-state index >= 15 is 0 Å². The van der Waals surface area contributed by atoms with E-state index in [-0.39, 0.29) is 5.76 Å². The van der Waals surface area contributed by atoms with Gasteiger partial charge in [0, 0.05) is 11.8 Å². The van der Waals surface area contributed by atoms with E-state index in [1.165, 1.54) is 6.07 Å². The van der Waals surface area contributed by atoms with Gasteiger partial charge in [0.2, 0.25) is 0 Å². The summed E-state index contributed by atoms with van der Waals surface area (Å²) in [7, 11) is 0. The molecule has 0 N–H and O–H groups in total. The normalized spacial score (nSPS) is 12.0. The van der Waals surface area contributed by atoms with Crippen LogP contribution in [0.3, 0.4) is 0 Å². The van der Waals surface area contributed by atoms with E-state index in [0.717, 1.165) is 10.9 Å². The summed E-state index contributed by atoms with van der Waals surface area (Å²) < 4.78 is 41.4. The van der Waals surface area contributed by atoms with Crippen molar-refractivity contribution >= 4 is 16.8 Å². The third-order valence-electron chi connectivity index (χ3n) is 2.65. The molecule has 0 amide bonds. The quantitative estimate of drug-likeness (QED) is 0.768. The molecule has 2 nitrogen and oxygen atoms in total. The van der Waals surface area contributed by atoms with Crippen LogP contribution in [-0.2, 0) is 0 Å². The second-order valence-electron chi connectivity index (χ2n) is 4.14. The number of Topliss-reactive ketones (excluding diaryl/α,β-unsaturated/α-hetero) is 1. The molecule has 0 unspecified atom stereocenters. The number of rotatable bonds is 3. The number of hydrogen-bond acceptors (Lipinski definition) is 2. The molecule has 0 aliphatic heterocycles. The molecule has 5 heteroatoms. The Bertz CT molecular complexity index is 581. The number of furan rings is 1. The lowest BCUT2D eigenvalue weighted by Gasteiger charge is -2.03. The molecule has 1 heterocycles. The van der Waals surface area contributed by atoms with Crippen molar-refractivity contribution in [1.29, 1.82) is 0 Å². The predicted molar refractivity (Wildman–Crippen MR) is 60.6 cm³/mol. The van der Waals surface area contributed by atoms with Crippen molar-refractivity contribution in [2.75, 3.05) is 0 Å². The molecular weight excluding hydrogens is 245 g/mol. The van der Waals surface area contributed by atoms with Crippen LogP contribution in [0, 0.1) is 6.92 Å². The van der Waals surface area contributed by atoms with E-state index in [1.807, 2.05) is 13.0 Å². The summed E-state index contributed by atoms with van der Waals surface area (Å²) in [5.74, 6) is -0.633. The molecule has 2 rings (SSSR count). The number of ketones is 1. The lowest BCUT2D eigenvalue weighted by atomic mass is 10.1. The van der Waals surface area contributed by atoms with Crippen molar-refractivity contribution in [2.45, 2.75) is 25.9 Å². The topological polar surface area (TPSA) is 30.2 Å². The number of hydrogen-bond donors (Lipinski definition) is 0. The number of halogens is 3. The van der Waals surface area contributed by atoms with Gasteiger partial charge in [-0.3, -0.25) is 4.79 Å². The number of alkyl halides is 3. The number of para-hydroxylation sites is 1. The molecule has 0 radical (unpaired) electrons. The van der Waals surface area contributed by atoms with Crippen LogP contribution < -0.4 is 0 Å². The Morgan fingerprint density at radius 2 is 2.06 bits per heavy atom. The summed E-state index contributed by atoms with van der Waals surface area (Å²) in [5, 5.41) is 0.727. The zero-order chi connectivity index (χ0) is 13.3. The minimum Gasteiger partial charge on any atom is -0.453 e. The van der Waals surface area contributed by atoms with Crippen molar-refractivity contribution in [3.8, 4) is 0 Å². The van der Waals surface area contributed by atoms with Gasteiger partial charge in [-0.05, 0) is 18.6 Å². The van der Waals surface area contributed by atoms with Gasteiger partial charge < -0.3 is 4.42 Å². The van der Waals surface area contributed by atoms with E-state index in [4.69, 9.17) is 4.42 Å². The van der Waals surface area contributed by atoms with Crippen LogP contribution >= 0.6 is 0 Å². The van der Waals surface area contributed by atoms with Gasteiger partial charge >= 0.3 is 6.18 Å². The summed E-state index contributed by atoms with van der Waals surface area (Å²) in [6.45, 7) is 1.82. The molecule has 0 fully saturated rings. The monoisotopic (exact) mass is 256 g/mol. The average Bonchev–Trinajstić information content (AvgIpc) is 2.70. The van der Waals surface area contributed by atoms with Crippen LogP contribution in [-0.4, -0.2) is 12.0 Å². The number of carbonyl (C=O) groups excluding carboxylic acids is 1. The first-order chi connectivity index (χ1) is 8.37. The van der Waals surface area contributed by atoms with E-state index < -0.39 is 24.8 Å². The van der Waals surface area contributed by atoms with Crippen molar-refractivity contribution in [3.05, 3.63) is 35.6 Å². The summed E-state index contributed by atoms with van der Waals surface area (Å²) in [6.07, 6.45) is -6.03. The Morgan fingerprint density at radius 1 is 1.33 bits per heavy atom. The molecule has 0 saturated heterocycles. The minimum absolute atomic E-state index is 0.0106. The standard InChI is InChI=1S/C13H11F3O2/c1-8-3-2-4-9-7-11(18-12(8)9)10(17)5-6-13(14,15)16/h2-4,7H,5-6H2,1H3. The molecule has 96 valence electrons. The fourth-order valence-electron chi connectivity index (χ4n) is 1.72. The number of aryl methyl sites for hydroxylation is 1. The fourth-order valence-corrected chi connectivity index (χ4v) is 1.72. The predicted octanol–water partition coefficient (Wildman–Crippen LogP) is 4.27. The van der Waals surface area contributed by atoms with E-state index in [9.17, 15) is 18.0 Å². The lowest BCUT2D eigenvalue weighted by Crippen LogP contribution is -2.10. The highest BCUT2D eigenvalue weighted by Gasteiger charge is 2.28. The van der Waals surface area contributed by atoms with Gasteiger partial charge in [0.15, 0.2) is 11.5 Å². The molecule has 1 aromatic carbocycles. The zero-order valence-electron chi connectivity index (χ0n) is 9.67.